The summed E-state index contributed by atoms with van der Waals surface area (Å²) in [6.45, 7) is 8.91. The lowest BCUT2D eigenvalue weighted by Gasteiger charge is -2.31. The van der Waals surface area contributed by atoms with E-state index >= 15 is 0 Å². The van der Waals surface area contributed by atoms with E-state index < -0.39 is 0 Å². The molecule has 90 valence electrons. The third-order valence-electron chi connectivity index (χ3n) is 3.27. The zero-order chi connectivity index (χ0) is 11.4. The zero-order valence-electron chi connectivity index (χ0n) is 10.2. The standard InChI is InChI=1S/C12H21N3S/c1-3-15-6-4-11(5-7-15)13-8-12-9-16-10(2)14-12/h9,11,13H,3-8H2,1-2H3. The van der Waals surface area contributed by atoms with Crippen molar-refractivity contribution in [3.05, 3.63) is 16.1 Å². The van der Waals surface area contributed by atoms with Crippen LogP contribution in [0.5, 0.6) is 0 Å². The number of nitrogens with one attached hydrogen (secondary N) is 1. The Labute approximate surface area is 102 Å². The molecule has 0 atom stereocenters. The molecule has 1 aliphatic rings. The highest BCUT2D eigenvalue weighted by atomic mass is 32.1. The number of aromatic nitrogens is 1. The molecule has 0 radical (unpaired) electrons. The molecule has 0 amide bonds. The Morgan fingerprint density at radius 2 is 2.25 bits per heavy atom. The summed E-state index contributed by atoms with van der Waals surface area (Å²) in [4.78, 5) is 6.99. The van der Waals surface area contributed by atoms with Gasteiger partial charge in [-0.05, 0) is 39.4 Å². The average Bonchev–Trinajstić information content (AvgIpc) is 2.73. The van der Waals surface area contributed by atoms with Crippen molar-refractivity contribution < 1.29 is 0 Å². The molecule has 1 aromatic heterocycles. The van der Waals surface area contributed by atoms with Gasteiger partial charge in [0.15, 0.2) is 0 Å². The van der Waals surface area contributed by atoms with E-state index in [-0.39, 0.29) is 0 Å². The first kappa shape index (κ1) is 12.0. The molecule has 1 aliphatic heterocycles. The van der Waals surface area contributed by atoms with Gasteiger partial charge in [0.05, 0.1) is 10.7 Å². The number of thiazole rings is 1. The van der Waals surface area contributed by atoms with Crippen LogP contribution in [-0.2, 0) is 6.54 Å². The van der Waals surface area contributed by atoms with Crippen LogP contribution in [0.15, 0.2) is 5.38 Å². The van der Waals surface area contributed by atoms with E-state index in [2.05, 4.69) is 34.4 Å². The summed E-state index contributed by atoms with van der Waals surface area (Å²) >= 11 is 1.74. The van der Waals surface area contributed by atoms with E-state index in [1.807, 2.05) is 0 Å². The average molecular weight is 239 g/mol. The molecule has 0 aromatic carbocycles. The summed E-state index contributed by atoms with van der Waals surface area (Å²) < 4.78 is 0. The summed E-state index contributed by atoms with van der Waals surface area (Å²) in [6, 6.07) is 0.685. The van der Waals surface area contributed by atoms with Gasteiger partial charge in [0.1, 0.15) is 0 Å². The van der Waals surface area contributed by atoms with Crippen LogP contribution in [0.4, 0.5) is 0 Å². The van der Waals surface area contributed by atoms with E-state index in [0.29, 0.717) is 6.04 Å². The fourth-order valence-corrected chi connectivity index (χ4v) is 2.80. The number of hydrogen-bond acceptors (Lipinski definition) is 4. The van der Waals surface area contributed by atoms with Crippen molar-refractivity contribution in [3.63, 3.8) is 0 Å². The molecule has 0 spiro atoms. The van der Waals surface area contributed by atoms with Crippen LogP contribution in [0.3, 0.4) is 0 Å². The Bertz CT molecular complexity index is 316. The number of nitrogens with zero attached hydrogens (tertiary/aromatic N) is 2. The maximum absolute atomic E-state index is 4.47. The quantitative estimate of drug-likeness (QED) is 0.871. The summed E-state index contributed by atoms with van der Waals surface area (Å²) in [6.07, 6.45) is 2.55. The minimum absolute atomic E-state index is 0.685. The van der Waals surface area contributed by atoms with E-state index in [1.165, 1.54) is 38.2 Å². The Hall–Kier alpha value is -0.450. The van der Waals surface area contributed by atoms with Gasteiger partial charge in [0, 0.05) is 18.0 Å². The predicted molar refractivity (Wildman–Crippen MR) is 68.8 cm³/mol. The van der Waals surface area contributed by atoms with E-state index in [4.69, 9.17) is 0 Å². The Kier molecular flexibility index (Phi) is 4.32. The minimum Gasteiger partial charge on any atom is -0.308 e. The molecule has 3 nitrogen and oxygen atoms in total. The first-order valence-electron chi connectivity index (χ1n) is 6.14. The lowest BCUT2D eigenvalue weighted by atomic mass is 10.1. The summed E-state index contributed by atoms with van der Waals surface area (Å²) in [5.41, 5.74) is 1.19. The first-order valence-corrected chi connectivity index (χ1v) is 7.02. The number of hydrogen-bond donors (Lipinski definition) is 1. The maximum atomic E-state index is 4.47. The second kappa shape index (κ2) is 5.75. The van der Waals surface area contributed by atoms with Crippen LogP contribution < -0.4 is 5.32 Å². The molecule has 2 heterocycles. The molecule has 4 heteroatoms. The van der Waals surface area contributed by atoms with Crippen molar-refractivity contribution in [2.75, 3.05) is 19.6 Å². The Balaban J connectivity index is 1.71. The van der Waals surface area contributed by atoms with Crippen LogP contribution in [-0.4, -0.2) is 35.6 Å². The van der Waals surface area contributed by atoms with Gasteiger partial charge in [-0.1, -0.05) is 6.92 Å². The molecule has 0 unspecified atom stereocenters. The van der Waals surface area contributed by atoms with Gasteiger partial charge < -0.3 is 10.2 Å². The SMILES string of the molecule is CCN1CCC(NCc2csc(C)n2)CC1. The Morgan fingerprint density at radius 3 is 2.81 bits per heavy atom. The van der Waals surface area contributed by atoms with Crippen LogP contribution in [0.25, 0.3) is 0 Å². The monoisotopic (exact) mass is 239 g/mol. The fourth-order valence-electron chi connectivity index (χ4n) is 2.19. The molecule has 1 aromatic rings. The van der Waals surface area contributed by atoms with Gasteiger partial charge in [-0.2, -0.15) is 0 Å². The Morgan fingerprint density at radius 1 is 1.50 bits per heavy atom. The second-order valence-electron chi connectivity index (χ2n) is 4.45. The molecular formula is C12H21N3S. The largest absolute Gasteiger partial charge is 0.308 e. The van der Waals surface area contributed by atoms with Crippen LogP contribution in [0, 0.1) is 6.92 Å². The highest BCUT2D eigenvalue weighted by Crippen LogP contribution is 2.12. The highest BCUT2D eigenvalue weighted by molar-refractivity contribution is 7.09. The molecular weight excluding hydrogens is 218 g/mol. The van der Waals surface area contributed by atoms with E-state index in [1.54, 1.807) is 11.3 Å². The lowest BCUT2D eigenvalue weighted by Crippen LogP contribution is -2.42. The van der Waals surface area contributed by atoms with Crippen molar-refractivity contribution in [1.29, 1.82) is 0 Å². The van der Waals surface area contributed by atoms with E-state index in [0.717, 1.165) is 11.6 Å². The third-order valence-corrected chi connectivity index (χ3v) is 4.10. The molecule has 1 N–H and O–H groups in total. The van der Waals surface area contributed by atoms with Crippen LogP contribution >= 0.6 is 11.3 Å². The normalized spacial score (nSPS) is 19.1. The van der Waals surface area contributed by atoms with Crippen molar-refractivity contribution >= 4 is 11.3 Å². The number of rotatable bonds is 4. The van der Waals surface area contributed by atoms with Gasteiger partial charge in [0.25, 0.3) is 0 Å². The van der Waals surface area contributed by atoms with Crippen LogP contribution in [0.2, 0.25) is 0 Å². The number of likely N-dealkylation sites (tertiary alicyclic amines) is 1. The maximum Gasteiger partial charge on any atom is 0.0897 e. The van der Waals surface area contributed by atoms with Crippen molar-refractivity contribution in [3.8, 4) is 0 Å². The van der Waals surface area contributed by atoms with Gasteiger partial charge in [0.2, 0.25) is 0 Å². The fraction of sp³-hybridized carbons (Fsp3) is 0.750. The number of aryl methyl sites for hydroxylation is 1. The molecule has 16 heavy (non-hydrogen) atoms. The van der Waals surface area contributed by atoms with Crippen molar-refractivity contribution in [2.45, 2.75) is 39.3 Å². The predicted octanol–water partition coefficient (Wildman–Crippen LogP) is 2.03. The molecule has 0 aliphatic carbocycles. The smallest absolute Gasteiger partial charge is 0.0897 e. The van der Waals surface area contributed by atoms with Gasteiger partial charge in [-0.15, -0.1) is 11.3 Å². The minimum atomic E-state index is 0.685. The van der Waals surface area contributed by atoms with Gasteiger partial charge in [-0.3, -0.25) is 0 Å². The third kappa shape index (κ3) is 3.27. The van der Waals surface area contributed by atoms with Crippen molar-refractivity contribution in [2.24, 2.45) is 0 Å². The summed E-state index contributed by atoms with van der Waals surface area (Å²) in [7, 11) is 0. The molecule has 0 bridgehead atoms. The molecule has 1 fully saturated rings. The first-order chi connectivity index (χ1) is 7.78. The second-order valence-corrected chi connectivity index (χ2v) is 5.51. The van der Waals surface area contributed by atoms with Crippen molar-refractivity contribution in [1.82, 2.24) is 15.2 Å². The van der Waals surface area contributed by atoms with Gasteiger partial charge >= 0.3 is 0 Å². The summed E-state index contributed by atoms with van der Waals surface area (Å²) in [5, 5.41) is 6.93. The molecule has 1 saturated heterocycles. The lowest BCUT2D eigenvalue weighted by molar-refractivity contribution is 0.205. The molecule has 2 rings (SSSR count). The summed E-state index contributed by atoms with van der Waals surface area (Å²) in [5.74, 6) is 0. The van der Waals surface area contributed by atoms with Crippen LogP contribution in [0.1, 0.15) is 30.5 Å². The topological polar surface area (TPSA) is 28.2 Å². The number of piperidine rings is 1. The highest BCUT2D eigenvalue weighted by Gasteiger charge is 2.17. The van der Waals surface area contributed by atoms with Gasteiger partial charge in [-0.25, -0.2) is 4.98 Å². The molecule has 0 saturated carbocycles. The zero-order valence-corrected chi connectivity index (χ0v) is 11.0. The van der Waals surface area contributed by atoms with E-state index in [9.17, 15) is 0 Å².